The first-order chi connectivity index (χ1) is 12.6. The summed E-state index contributed by atoms with van der Waals surface area (Å²) < 4.78 is 0. The van der Waals surface area contributed by atoms with Crippen LogP contribution in [-0.4, -0.2) is 6.29 Å². The molecule has 4 aliphatic carbocycles. The summed E-state index contributed by atoms with van der Waals surface area (Å²) >= 11 is 1.91. The minimum atomic E-state index is 0.276. The monoisotopic (exact) mass is 366 g/mol. The summed E-state index contributed by atoms with van der Waals surface area (Å²) in [6.45, 7) is 5.08. The second-order valence-corrected chi connectivity index (χ2v) is 10.6. The molecule has 5 rings (SSSR count). The van der Waals surface area contributed by atoms with E-state index in [1.807, 2.05) is 11.3 Å². The fourth-order valence-corrected chi connectivity index (χ4v) is 8.09. The molecule has 2 fully saturated rings. The molecule has 0 aliphatic heterocycles. The predicted molar refractivity (Wildman–Crippen MR) is 109 cm³/mol. The summed E-state index contributed by atoms with van der Waals surface area (Å²) in [5, 5.41) is 2.22. The highest BCUT2D eigenvalue weighted by Crippen LogP contribution is 2.66. The van der Waals surface area contributed by atoms with Gasteiger partial charge in [-0.05, 0) is 90.5 Å². The molecule has 138 valence electrons. The van der Waals surface area contributed by atoms with Crippen LogP contribution < -0.4 is 0 Å². The van der Waals surface area contributed by atoms with Gasteiger partial charge in [-0.15, -0.1) is 11.3 Å². The smallest absolute Gasteiger partial charge is 0.123 e. The summed E-state index contributed by atoms with van der Waals surface area (Å²) in [6, 6.07) is 4.52. The number of hydrogen-bond donors (Lipinski definition) is 0. The zero-order chi connectivity index (χ0) is 17.9. The SMILES string of the molecule is C[C@]12CCC(C=O)CC1=CC[C@@H]1[C@@H]2CC[C@]2(C)C(c3cccs3)=CC[C@@H]12. The van der Waals surface area contributed by atoms with Crippen molar-refractivity contribution in [3.05, 3.63) is 40.1 Å². The summed E-state index contributed by atoms with van der Waals surface area (Å²) in [4.78, 5) is 12.8. The maximum absolute atomic E-state index is 11.3. The molecule has 2 heteroatoms. The highest BCUT2D eigenvalue weighted by Gasteiger charge is 2.56. The number of aldehydes is 1. The van der Waals surface area contributed by atoms with Crippen molar-refractivity contribution in [2.75, 3.05) is 0 Å². The first-order valence-electron chi connectivity index (χ1n) is 10.5. The van der Waals surface area contributed by atoms with Gasteiger partial charge in [-0.3, -0.25) is 0 Å². The molecular formula is C24H30OS. The van der Waals surface area contributed by atoms with Crippen molar-refractivity contribution in [3.63, 3.8) is 0 Å². The van der Waals surface area contributed by atoms with E-state index in [9.17, 15) is 4.79 Å². The Morgan fingerprint density at radius 3 is 2.69 bits per heavy atom. The van der Waals surface area contributed by atoms with E-state index < -0.39 is 0 Å². The van der Waals surface area contributed by atoms with Crippen LogP contribution in [0.4, 0.5) is 0 Å². The number of thiophene rings is 1. The van der Waals surface area contributed by atoms with E-state index in [0.29, 0.717) is 10.8 Å². The normalized spacial score (nSPS) is 44.4. The number of carbonyl (C=O) groups excluding carboxylic acids is 1. The van der Waals surface area contributed by atoms with Gasteiger partial charge in [-0.1, -0.05) is 37.6 Å². The lowest BCUT2D eigenvalue weighted by atomic mass is 9.47. The Morgan fingerprint density at radius 1 is 1.08 bits per heavy atom. The van der Waals surface area contributed by atoms with Gasteiger partial charge in [0.05, 0.1) is 0 Å². The molecule has 0 saturated heterocycles. The van der Waals surface area contributed by atoms with Crippen LogP contribution in [-0.2, 0) is 4.79 Å². The van der Waals surface area contributed by atoms with Crippen LogP contribution >= 0.6 is 11.3 Å². The van der Waals surface area contributed by atoms with E-state index in [1.165, 1.54) is 43.3 Å². The van der Waals surface area contributed by atoms with Crippen LogP contribution in [0.3, 0.4) is 0 Å². The molecule has 0 radical (unpaired) electrons. The standard InChI is InChI=1S/C24H30OS/c1-23-11-9-16(15-25)14-17(23)5-6-18-19-7-8-21(22-4-3-13-26-22)24(19,2)12-10-20(18)23/h3-5,8,13,15-16,18-20H,6-7,9-12,14H2,1-2H3/t16?,18-,19-,20-,23-,24-/m0/s1. The van der Waals surface area contributed by atoms with Crippen molar-refractivity contribution in [2.24, 2.45) is 34.5 Å². The van der Waals surface area contributed by atoms with Gasteiger partial charge in [0.15, 0.2) is 0 Å². The summed E-state index contributed by atoms with van der Waals surface area (Å²) in [6.07, 6.45) is 14.9. The third-order valence-corrected chi connectivity index (χ3v) is 9.61. The second-order valence-electron chi connectivity index (χ2n) is 9.69. The Bertz CT molecular complexity index is 772. The van der Waals surface area contributed by atoms with Crippen LogP contribution in [0.25, 0.3) is 5.57 Å². The lowest BCUT2D eigenvalue weighted by molar-refractivity contribution is -0.112. The number of fused-ring (bicyclic) bond motifs is 5. The van der Waals surface area contributed by atoms with Crippen molar-refractivity contribution >= 4 is 23.2 Å². The van der Waals surface area contributed by atoms with E-state index >= 15 is 0 Å². The fourth-order valence-electron chi connectivity index (χ4n) is 7.19. The maximum atomic E-state index is 11.3. The molecule has 26 heavy (non-hydrogen) atoms. The summed E-state index contributed by atoms with van der Waals surface area (Å²) in [7, 11) is 0. The van der Waals surface area contributed by atoms with Gasteiger partial charge in [0.1, 0.15) is 6.29 Å². The van der Waals surface area contributed by atoms with Gasteiger partial charge in [0.25, 0.3) is 0 Å². The maximum Gasteiger partial charge on any atom is 0.123 e. The van der Waals surface area contributed by atoms with Crippen LogP contribution in [0, 0.1) is 34.5 Å². The molecule has 0 spiro atoms. The Kier molecular flexibility index (Phi) is 3.87. The molecular weight excluding hydrogens is 336 g/mol. The van der Waals surface area contributed by atoms with Crippen LogP contribution in [0.2, 0.25) is 0 Å². The molecule has 1 aromatic heterocycles. The van der Waals surface area contributed by atoms with E-state index in [1.54, 1.807) is 11.1 Å². The lowest BCUT2D eigenvalue weighted by Crippen LogP contribution is -2.49. The first-order valence-corrected chi connectivity index (χ1v) is 11.3. The molecule has 0 amide bonds. The lowest BCUT2D eigenvalue weighted by Gasteiger charge is -2.57. The molecule has 6 atom stereocenters. The third-order valence-electron chi connectivity index (χ3n) is 8.70. The topological polar surface area (TPSA) is 17.1 Å². The molecule has 4 aliphatic rings. The molecule has 1 aromatic rings. The molecule has 1 nitrogen and oxygen atoms in total. The van der Waals surface area contributed by atoms with Gasteiger partial charge in [0.2, 0.25) is 0 Å². The van der Waals surface area contributed by atoms with E-state index in [2.05, 4.69) is 43.5 Å². The fraction of sp³-hybridized carbons (Fsp3) is 0.625. The van der Waals surface area contributed by atoms with Gasteiger partial charge >= 0.3 is 0 Å². The van der Waals surface area contributed by atoms with E-state index in [4.69, 9.17) is 0 Å². The molecule has 0 bridgehead atoms. The molecule has 0 N–H and O–H groups in total. The van der Waals surface area contributed by atoms with Gasteiger partial charge < -0.3 is 4.79 Å². The number of carbonyl (C=O) groups is 1. The van der Waals surface area contributed by atoms with Crippen molar-refractivity contribution in [1.29, 1.82) is 0 Å². The Labute approximate surface area is 161 Å². The van der Waals surface area contributed by atoms with E-state index in [0.717, 1.165) is 30.6 Å². The molecule has 2 saturated carbocycles. The van der Waals surface area contributed by atoms with Gasteiger partial charge in [-0.2, -0.15) is 0 Å². The predicted octanol–water partition coefficient (Wildman–Crippen LogP) is 6.52. The van der Waals surface area contributed by atoms with Crippen molar-refractivity contribution in [3.8, 4) is 0 Å². The molecule has 1 unspecified atom stereocenters. The molecule has 0 aromatic carbocycles. The first kappa shape index (κ1) is 17.0. The summed E-state index contributed by atoms with van der Waals surface area (Å²) in [5.41, 5.74) is 3.99. The number of rotatable bonds is 2. The molecule has 1 heterocycles. The highest BCUT2D eigenvalue weighted by atomic mass is 32.1. The van der Waals surface area contributed by atoms with Crippen molar-refractivity contribution in [1.82, 2.24) is 0 Å². The Balaban J connectivity index is 1.46. The minimum absolute atomic E-state index is 0.276. The van der Waals surface area contributed by atoms with Crippen LogP contribution in [0.5, 0.6) is 0 Å². The third kappa shape index (κ3) is 2.24. The average molecular weight is 367 g/mol. The van der Waals surface area contributed by atoms with Gasteiger partial charge in [-0.25, -0.2) is 0 Å². The quantitative estimate of drug-likeness (QED) is 0.430. The summed E-state index contributed by atoms with van der Waals surface area (Å²) in [5.74, 6) is 2.73. The minimum Gasteiger partial charge on any atom is -0.303 e. The van der Waals surface area contributed by atoms with Crippen LogP contribution in [0.15, 0.2) is 35.2 Å². The largest absolute Gasteiger partial charge is 0.303 e. The van der Waals surface area contributed by atoms with Crippen molar-refractivity contribution in [2.45, 2.75) is 58.8 Å². The zero-order valence-corrected chi connectivity index (χ0v) is 16.9. The Morgan fingerprint density at radius 2 is 1.92 bits per heavy atom. The number of allylic oxidation sites excluding steroid dienone is 4. The second kappa shape index (κ2) is 5.92. The zero-order valence-electron chi connectivity index (χ0n) is 16.0. The Hall–Kier alpha value is -1.15. The van der Waals surface area contributed by atoms with Crippen molar-refractivity contribution < 1.29 is 4.79 Å². The highest BCUT2D eigenvalue weighted by molar-refractivity contribution is 7.11. The number of hydrogen-bond acceptors (Lipinski definition) is 2. The van der Waals surface area contributed by atoms with Crippen LogP contribution in [0.1, 0.15) is 63.7 Å². The average Bonchev–Trinajstić information content (AvgIpc) is 3.27. The van der Waals surface area contributed by atoms with E-state index in [-0.39, 0.29) is 5.92 Å². The van der Waals surface area contributed by atoms with Gasteiger partial charge in [0, 0.05) is 10.8 Å².